The number of urea groups is 1. The van der Waals surface area contributed by atoms with Crippen LogP contribution in [0.1, 0.15) is 131 Å². The van der Waals surface area contributed by atoms with Crippen LogP contribution >= 0.6 is 9.24 Å². The van der Waals surface area contributed by atoms with Gasteiger partial charge in [-0.25, -0.2) is 9.48 Å². The van der Waals surface area contributed by atoms with Crippen LogP contribution in [0.2, 0.25) is 0 Å². The van der Waals surface area contributed by atoms with Gasteiger partial charge in [0.15, 0.2) is 11.8 Å². The second-order valence-electron chi connectivity index (χ2n) is 23.0. The van der Waals surface area contributed by atoms with E-state index in [9.17, 15) is 58.8 Å². The molecule has 512 valence electrons. The van der Waals surface area contributed by atoms with E-state index in [0.717, 1.165) is 36.0 Å². The number of hydrogen-bond acceptors (Lipinski definition) is 20. The Morgan fingerprint density at radius 2 is 1.34 bits per heavy atom. The van der Waals surface area contributed by atoms with Crippen LogP contribution in [0.3, 0.4) is 0 Å². The fourth-order valence-electron chi connectivity index (χ4n) is 10.6. The zero-order valence-corrected chi connectivity index (χ0v) is 54.1. The number of aromatic nitrogens is 3. The first-order chi connectivity index (χ1) is 44.9. The molecule has 1 aliphatic carbocycles. The maximum absolute atomic E-state index is 14.0. The molecule has 3 unspecified atom stereocenters. The van der Waals surface area contributed by atoms with Crippen molar-refractivity contribution in [2.24, 2.45) is 11.7 Å². The molecular formula is C63H92N11O18P. The number of hydrogen-bond donors (Lipinski definition) is 11. The lowest BCUT2D eigenvalue weighted by atomic mass is 9.96. The first-order valence-corrected chi connectivity index (χ1v) is 32.4. The van der Waals surface area contributed by atoms with Crippen molar-refractivity contribution in [3.05, 3.63) is 76.6 Å². The number of nitrogens with zero attached hydrogens (tertiary/aromatic N) is 4. The monoisotopic (exact) mass is 1320 g/mol. The molecule has 29 nitrogen and oxygen atoms in total. The normalized spacial score (nSPS) is 19.4. The summed E-state index contributed by atoms with van der Waals surface area (Å²) in [6, 6.07) is 11.3. The molecule has 10 atom stereocenters. The number of para-hydroxylation sites is 1. The number of nitrogens with two attached hydrogens (primary N) is 1. The number of aliphatic hydroxyl groups is 4. The summed E-state index contributed by atoms with van der Waals surface area (Å²) in [4.78, 5) is 105. The number of carbonyl (C=O) groups is 8. The number of nitrogens with one attached hydrogen (secondary N) is 6. The van der Waals surface area contributed by atoms with Crippen LogP contribution in [0.4, 0.5) is 10.5 Å². The molecule has 1 aromatic heterocycles. The molecule has 1 saturated heterocycles. The third-order valence-corrected chi connectivity index (χ3v) is 16.1. The van der Waals surface area contributed by atoms with Crippen LogP contribution in [0.15, 0.2) is 48.5 Å². The number of unbranched alkanes of at least 4 members (excludes halogenated alkanes) is 1. The fraction of sp³-hybridized carbons (Fsp3) is 0.619. The van der Waals surface area contributed by atoms with E-state index in [-0.39, 0.29) is 123 Å². The van der Waals surface area contributed by atoms with Gasteiger partial charge >= 0.3 is 6.03 Å². The van der Waals surface area contributed by atoms with Crippen LogP contribution in [0.5, 0.6) is 0 Å². The quantitative estimate of drug-likeness (QED) is 0.0203. The van der Waals surface area contributed by atoms with E-state index in [1.54, 1.807) is 18.7 Å². The number of ether oxygens (including phenoxy) is 6. The first-order valence-electron chi connectivity index (χ1n) is 31.8. The number of primary amides is 1. The molecule has 2 aromatic carbocycles. The molecule has 8 amide bonds. The van der Waals surface area contributed by atoms with Crippen LogP contribution in [-0.4, -0.2) is 211 Å². The van der Waals surface area contributed by atoms with Crippen molar-refractivity contribution >= 4 is 61.9 Å². The first kappa shape index (κ1) is 75.0. The molecule has 2 aliphatic heterocycles. The molecule has 3 aliphatic rings. The Morgan fingerprint density at radius 1 is 0.688 bits per heavy atom. The standard InChI is InChI=1S/C63H92N11O18P/c1-40(2)54(60(84)69-45(62(85)93)17-12-27-67-63(64)86)70-59(83)44(16-10-11-26-65-52(78)39-91-48-20-5-3-4-19-47-55(48)71-72-74(47)61-58(82)57(81)56(80)49(38-75)92-61)68-51(77)25-29-87-31-33-89-35-36-90-34-32-88-30-28-66-50(76)23-24-53(79)73-37-43-15-7-6-13-41(43)21-22-42-14-8-9-18-46(42)73/h6-9,13-15,18,40,44-45,48-49,54,56-58,61,75,80-82H,3-5,10-12,16-17,19-20,23-39,93H2,1-2H3,(H,65,78)(H,66,76)(H,68,77)(H,69,84)(H,70,83)(H3,64,67,86)/t44-,45+,48?,49-,54?,56+,57+,58-,61-/m1/s1. The topological polar surface area (TPSA) is 405 Å². The zero-order chi connectivity index (χ0) is 67.1. The molecular weight excluding hydrogens is 1230 g/mol. The van der Waals surface area contributed by atoms with Crippen LogP contribution in [0.25, 0.3) is 0 Å². The summed E-state index contributed by atoms with van der Waals surface area (Å²) in [7, 11) is 2.03. The Hall–Kier alpha value is -7.07. The lowest BCUT2D eigenvalue weighted by molar-refractivity contribution is -0.254. The van der Waals surface area contributed by atoms with Gasteiger partial charge in [0, 0.05) is 50.0 Å². The van der Waals surface area contributed by atoms with Crippen molar-refractivity contribution in [3.8, 4) is 11.8 Å². The van der Waals surface area contributed by atoms with E-state index >= 15 is 0 Å². The Balaban J connectivity index is 0.876. The van der Waals surface area contributed by atoms with Crippen LogP contribution in [-0.2, 0) is 74.9 Å². The highest BCUT2D eigenvalue weighted by Crippen LogP contribution is 2.34. The average molecular weight is 1320 g/mol. The lowest BCUT2D eigenvalue weighted by Gasteiger charge is -2.40. The van der Waals surface area contributed by atoms with E-state index in [1.807, 2.05) is 57.8 Å². The Bertz CT molecular complexity index is 2980. The number of aliphatic hydroxyl groups excluding tert-OH is 4. The SMILES string of the molecule is CC(C)C(NC(=O)[C@@H](CCCCNC(=O)COC1CCCCCc2c1nnn2[C@@H]1O[C@H](CO)[C@H](O)[C@H](O)[C@H]1O)NC(=O)CCOCCOCCOCCOCCNC(=O)CCC(=O)N1Cc2ccccc2C#Cc2ccccc21)C(=O)N[C@@H](CCCNC(N)=O)C(=O)P. The number of anilines is 1. The minimum Gasteiger partial charge on any atom is -0.394 e. The summed E-state index contributed by atoms with van der Waals surface area (Å²) in [5.74, 6) is 3.25. The molecule has 1 fully saturated rings. The highest BCUT2D eigenvalue weighted by molar-refractivity contribution is 7.40. The van der Waals surface area contributed by atoms with Crippen molar-refractivity contribution in [2.75, 3.05) is 90.6 Å². The molecule has 0 saturated carbocycles. The van der Waals surface area contributed by atoms with Gasteiger partial charge in [-0.05, 0) is 81.0 Å². The Morgan fingerprint density at radius 3 is 2.05 bits per heavy atom. The number of benzene rings is 2. The lowest BCUT2D eigenvalue weighted by Crippen LogP contribution is -2.57. The van der Waals surface area contributed by atoms with Gasteiger partial charge in [0.2, 0.25) is 35.4 Å². The van der Waals surface area contributed by atoms with Gasteiger partial charge in [-0.2, -0.15) is 0 Å². The molecule has 0 spiro atoms. The molecule has 3 aromatic rings. The zero-order valence-electron chi connectivity index (χ0n) is 52.9. The average Bonchev–Trinajstić information content (AvgIpc) is 1.72. The third kappa shape index (κ3) is 24.7. The maximum atomic E-state index is 14.0. The summed E-state index contributed by atoms with van der Waals surface area (Å²) in [5, 5.41) is 66.1. The van der Waals surface area contributed by atoms with Crippen molar-refractivity contribution in [3.63, 3.8) is 0 Å². The minimum atomic E-state index is -1.62. The van der Waals surface area contributed by atoms with E-state index in [4.69, 9.17) is 34.2 Å². The van der Waals surface area contributed by atoms with E-state index in [1.165, 1.54) is 4.68 Å². The summed E-state index contributed by atoms with van der Waals surface area (Å²) in [5.41, 5.74) is 8.97. The minimum absolute atomic E-state index is 0.00159. The van der Waals surface area contributed by atoms with E-state index < -0.39 is 103 Å². The van der Waals surface area contributed by atoms with Crippen molar-refractivity contribution < 1.29 is 87.2 Å². The van der Waals surface area contributed by atoms with E-state index in [0.29, 0.717) is 55.7 Å². The van der Waals surface area contributed by atoms with Crippen molar-refractivity contribution in [2.45, 2.75) is 159 Å². The van der Waals surface area contributed by atoms with Gasteiger partial charge in [-0.3, -0.25) is 33.6 Å². The van der Waals surface area contributed by atoms with Crippen LogP contribution in [0, 0.1) is 17.8 Å². The van der Waals surface area contributed by atoms with Gasteiger partial charge in [-0.15, -0.1) is 5.10 Å². The highest BCUT2D eigenvalue weighted by atomic mass is 31.0. The van der Waals surface area contributed by atoms with Gasteiger partial charge < -0.3 is 91.4 Å². The van der Waals surface area contributed by atoms with Gasteiger partial charge in [0.1, 0.15) is 54.9 Å². The molecule has 30 heteroatoms. The second kappa shape index (κ2) is 40.2. The molecule has 6 rings (SSSR count). The predicted molar refractivity (Wildman–Crippen MR) is 339 cm³/mol. The summed E-state index contributed by atoms with van der Waals surface area (Å²) >= 11 is 0. The second-order valence-corrected chi connectivity index (χ2v) is 23.6. The number of amides is 8. The highest BCUT2D eigenvalue weighted by Gasteiger charge is 2.46. The predicted octanol–water partition coefficient (Wildman–Crippen LogP) is -0.0287. The van der Waals surface area contributed by atoms with Gasteiger partial charge in [-0.1, -0.05) is 83.3 Å². The molecule has 93 heavy (non-hydrogen) atoms. The molecule has 0 radical (unpaired) electrons. The summed E-state index contributed by atoms with van der Waals surface area (Å²) in [6.45, 7) is 5.17. The largest absolute Gasteiger partial charge is 0.394 e. The van der Waals surface area contributed by atoms with Gasteiger partial charge in [0.05, 0.1) is 83.4 Å². The summed E-state index contributed by atoms with van der Waals surface area (Å²) in [6.07, 6.45) is -3.20. The van der Waals surface area contributed by atoms with E-state index in [2.05, 4.69) is 54.1 Å². The molecule has 3 heterocycles. The van der Waals surface area contributed by atoms with Crippen LogP contribution < -0.4 is 42.5 Å². The summed E-state index contributed by atoms with van der Waals surface area (Å²) < 4.78 is 35.5. The van der Waals surface area contributed by atoms with Crippen molar-refractivity contribution in [1.29, 1.82) is 0 Å². The van der Waals surface area contributed by atoms with Gasteiger partial charge in [0.25, 0.3) is 0 Å². The fourth-order valence-corrected chi connectivity index (χ4v) is 10.8. The number of fused-ring (bicyclic) bond motifs is 3. The maximum Gasteiger partial charge on any atom is 0.312 e. The Labute approximate surface area is 543 Å². The van der Waals surface area contributed by atoms with Crippen molar-refractivity contribution in [1.82, 2.24) is 46.9 Å². The molecule has 0 bridgehead atoms. The molecule has 12 N–H and O–H groups in total. The third-order valence-electron chi connectivity index (χ3n) is 15.7. The Kier molecular flexibility index (Phi) is 32.4. The smallest absolute Gasteiger partial charge is 0.312 e. The number of rotatable bonds is 39. The number of carbonyl (C=O) groups excluding carboxylic acids is 8.